The van der Waals surface area contributed by atoms with E-state index < -0.39 is 8.07 Å². The first kappa shape index (κ1) is 21.6. The van der Waals surface area contributed by atoms with E-state index in [1.165, 1.54) is 70.9 Å². The molecule has 6 rings (SSSR count). The van der Waals surface area contributed by atoms with Crippen LogP contribution in [0.4, 0.5) is 0 Å². The first-order valence-corrected chi connectivity index (χ1v) is 15.9. The molecule has 34 heavy (non-hydrogen) atoms. The van der Waals surface area contributed by atoms with E-state index in [9.17, 15) is 0 Å². The molecule has 2 nitrogen and oxygen atoms in total. The van der Waals surface area contributed by atoms with E-state index in [0.717, 1.165) is 0 Å². The molecule has 0 unspecified atom stereocenters. The van der Waals surface area contributed by atoms with Gasteiger partial charge in [-0.15, -0.1) is 0 Å². The van der Waals surface area contributed by atoms with Crippen molar-refractivity contribution < 1.29 is 4.57 Å². The Morgan fingerprint density at radius 2 is 1.56 bits per heavy atom. The molecule has 0 atom stereocenters. The van der Waals surface area contributed by atoms with Gasteiger partial charge in [-0.1, -0.05) is 63.8 Å². The summed E-state index contributed by atoms with van der Waals surface area (Å²) < 4.78 is 4.93. The van der Waals surface area contributed by atoms with Crippen LogP contribution in [0, 0.1) is 13.8 Å². The Morgan fingerprint density at radius 1 is 0.824 bits per heavy atom. The third-order valence-corrected chi connectivity index (χ3v) is 10.0. The Hall–Kier alpha value is -2.91. The van der Waals surface area contributed by atoms with Gasteiger partial charge in [-0.2, -0.15) is 0 Å². The van der Waals surface area contributed by atoms with E-state index in [4.69, 9.17) is 0 Å². The average Bonchev–Trinajstić information content (AvgIpc) is 3.07. The smallest absolute Gasteiger partial charge is 0.224 e. The highest BCUT2D eigenvalue weighted by Gasteiger charge is 2.27. The molecule has 0 aliphatic rings. The number of benzene rings is 3. The van der Waals surface area contributed by atoms with Crippen LogP contribution in [0.5, 0.6) is 0 Å². The van der Waals surface area contributed by atoms with Crippen molar-refractivity contribution in [3.63, 3.8) is 0 Å². The number of fused-ring (bicyclic) bond motifs is 5. The molecule has 0 spiro atoms. The van der Waals surface area contributed by atoms with Crippen LogP contribution in [-0.2, 0) is 12.5 Å². The lowest BCUT2D eigenvalue weighted by Crippen LogP contribution is -2.38. The van der Waals surface area contributed by atoms with Crippen LogP contribution in [0.15, 0.2) is 48.7 Å². The molecule has 172 valence electrons. The van der Waals surface area contributed by atoms with Gasteiger partial charge in [-0.3, -0.25) is 0 Å². The number of rotatable bonds is 1. The molecule has 0 aliphatic heterocycles. The second kappa shape index (κ2) is 6.60. The van der Waals surface area contributed by atoms with Crippen molar-refractivity contribution in [2.75, 3.05) is 0 Å². The number of hydrogen-bond acceptors (Lipinski definition) is 0. The van der Waals surface area contributed by atoms with Gasteiger partial charge in [0.25, 0.3) is 0 Å². The van der Waals surface area contributed by atoms with E-state index >= 15 is 0 Å². The standard InChI is InChI=1S/C31H35N2Si/c1-18-14-24-23-11-10-21(31(3,4)5)16-25(23)33-26-17-22(34(7,8)9)15-20-12-13-32(6)30(28(20)26)27(19(18)2)29(24)33/h10-17H,1-9H3/q+1. The summed E-state index contributed by atoms with van der Waals surface area (Å²) in [5.74, 6) is 0. The lowest BCUT2D eigenvalue weighted by Gasteiger charge is -2.21. The van der Waals surface area contributed by atoms with Crippen molar-refractivity contribution >= 4 is 62.3 Å². The number of hydrogen-bond donors (Lipinski definition) is 0. The third-order valence-electron chi connectivity index (χ3n) is 8.00. The molecule has 0 fully saturated rings. The van der Waals surface area contributed by atoms with Crippen molar-refractivity contribution in [1.82, 2.24) is 4.40 Å². The monoisotopic (exact) mass is 463 g/mol. The molecule has 3 heterocycles. The van der Waals surface area contributed by atoms with Gasteiger partial charge in [0, 0.05) is 16.8 Å². The molecule has 0 amide bonds. The molecule has 6 aromatic rings. The molecule has 0 saturated heterocycles. The van der Waals surface area contributed by atoms with Crippen LogP contribution in [0.1, 0.15) is 37.5 Å². The van der Waals surface area contributed by atoms with Crippen molar-refractivity contribution in [3.8, 4) is 0 Å². The summed E-state index contributed by atoms with van der Waals surface area (Å²) >= 11 is 0. The van der Waals surface area contributed by atoms with Crippen LogP contribution < -0.4 is 9.75 Å². The van der Waals surface area contributed by atoms with Crippen LogP contribution in [0.2, 0.25) is 19.6 Å². The maximum absolute atomic E-state index is 2.60. The molecule has 0 N–H and O–H groups in total. The van der Waals surface area contributed by atoms with Crippen molar-refractivity contribution in [2.24, 2.45) is 7.05 Å². The van der Waals surface area contributed by atoms with E-state index in [-0.39, 0.29) is 5.41 Å². The van der Waals surface area contributed by atoms with Crippen LogP contribution >= 0.6 is 0 Å². The summed E-state index contributed by atoms with van der Waals surface area (Å²) in [5.41, 5.74) is 9.64. The maximum atomic E-state index is 2.60. The molecule has 0 saturated carbocycles. The zero-order valence-corrected chi connectivity index (χ0v) is 23.0. The molecule has 0 bridgehead atoms. The van der Waals surface area contributed by atoms with E-state index in [2.05, 4.69) is 119 Å². The van der Waals surface area contributed by atoms with Gasteiger partial charge >= 0.3 is 0 Å². The first-order valence-electron chi connectivity index (χ1n) is 12.4. The fourth-order valence-corrected chi connectivity index (χ4v) is 6.96. The third kappa shape index (κ3) is 2.77. The zero-order chi connectivity index (χ0) is 24.3. The maximum Gasteiger partial charge on any atom is 0.224 e. The van der Waals surface area contributed by atoms with Crippen LogP contribution in [-0.4, -0.2) is 12.5 Å². The SMILES string of the molecule is Cc1cc2c3ccc(C(C)(C)C)cc3n3c4cc([Si](C)(C)C)cc5cc[n+](C)c(c(c1C)c23)c54. The molecule has 0 aliphatic carbocycles. The normalized spacial score (nSPS) is 13.4. The number of nitrogens with zero attached hydrogens (tertiary/aromatic N) is 2. The predicted octanol–water partition coefficient (Wildman–Crippen LogP) is 7.27. The molecule has 3 aromatic carbocycles. The van der Waals surface area contributed by atoms with Gasteiger partial charge in [0.1, 0.15) is 7.05 Å². The van der Waals surface area contributed by atoms with Gasteiger partial charge in [0.15, 0.2) is 6.20 Å². The summed E-state index contributed by atoms with van der Waals surface area (Å²) in [4.78, 5) is 0. The Bertz CT molecular complexity index is 1790. The minimum Gasteiger partial charge on any atom is -0.307 e. The lowest BCUT2D eigenvalue weighted by atomic mass is 9.86. The van der Waals surface area contributed by atoms with Gasteiger partial charge in [-0.25, -0.2) is 4.57 Å². The highest BCUT2D eigenvalue weighted by atomic mass is 28.3. The highest BCUT2D eigenvalue weighted by molar-refractivity contribution is 6.89. The summed E-state index contributed by atoms with van der Waals surface area (Å²) in [7, 11) is 0.695. The fourth-order valence-electron chi connectivity index (χ4n) is 5.80. The van der Waals surface area contributed by atoms with E-state index in [1.807, 2.05) is 0 Å². The molecule has 3 heteroatoms. The van der Waals surface area contributed by atoms with Crippen LogP contribution in [0.3, 0.4) is 0 Å². The first-order chi connectivity index (χ1) is 15.9. The lowest BCUT2D eigenvalue weighted by molar-refractivity contribution is -0.643. The van der Waals surface area contributed by atoms with Gasteiger partial charge in [-0.05, 0) is 59.5 Å². The van der Waals surface area contributed by atoms with Gasteiger partial charge < -0.3 is 4.40 Å². The Labute approximate surface area is 203 Å². The molecule has 3 aromatic heterocycles. The van der Waals surface area contributed by atoms with Crippen LogP contribution in [0.25, 0.3) is 49.0 Å². The van der Waals surface area contributed by atoms with Crippen molar-refractivity contribution in [3.05, 3.63) is 65.4 Å². The quantitative estimate of drug-likeness (QED) is 0.105. The molecular weight excluding hydrogens is 428 g/mol. The minimum absolute atomic E-state index is 0.105. The zero-order valence-electron chi connectivity index (χ0n) is 22.0. The van der Waals surface area contributed by atoms with Gasteiger partial charge in [0.05, 0.1) is 35.4 Å². The Morgan fingerprint density at radius 3 is 2.24 bits per heavy atom. The Kier molecular flexibility index (Phi) is 4.20. The minimum atomic E-state index is -1.51. The topological polar surface area (TPSA) is 8.29 Å². The second-order valence-electron chi connectivity index (χ2n) is 12.4. The molecule has 0 radical (unpaired) electrons. The highest BCUT2D eigenvalue weighted by Crippen LogP contribution is 2.42. The van der Waals surface area contributed by atoms with E-state index in [0.29, 0.717) is 0 Å². The molecular formula is C31H35N2Si+. The van der Waals surface area contributed by atoms with E-state index in [1.54, 1.807) is 0 Å². The van der Waals surface area contributed by atoms with Gasteiger partial charge in [0.2, 0.25) is 5.52 Å². The summed E-state index contributed by atoms with van der Waals surface area (Å²) in [6, 6.07) is 16.9. The second-order valence-corrected chi connectivity index (χ2v) is 17.5. The summed E-state index contributed by atoms with van der Waals surface area (Å²) in [6.07, 6.45) is 2.25. The van der Waals surface area contributed by atoms with Crippen molar-refractivity contribution in [2.45, 2.75) is 59.7 Å². The summed E-state index contributed by atoms with van der Waals surface area (Å²) in [6.45, 7) is 18.9. The number of pyridine rings is 2. The number of aromatic nitrogens is 2. The summed E-state index contributed by atoms with van der Waals surface area (Å²) in [5, 5.41) is 8.38. The van der Waals surface area contributed by atoms with Crippen molar-refractivity contribution in [1.29, 1.82) is 0 Å². The number of aryl methyl sites for hydroxylation is 3. The fraction of sp³-hybridized carbons (Fsp3) is 0.323. The largest absolute Gasteiger partial charge is 0.307 e. The Balaban J connectivity index is 2.02. The average molecular weight is 464 g/mol. The predicted molar refractivity (Wildman–Crippen MR) is 151 cm³/mol.